The molecule has 5 rings (SSSR count). The van der Waals surface area contributed by atoms with E-state index in [1.165, 1.54) is 0 Å². The highest BCUT2D eigenvalue weighted by molar-refractivity contribution is 6.04. The van der Waals surface area contributed by atoms with Gasteiger partial charge in [-0.15, -0.1) is 0 Å². The fraction of sp³-hybridized carbons (Fsp3) is 0.250. The summed E-state index contributed by atoms with van der Waals surface area (Å²) < 4.78 is 6.93. The summed E-state index contributed by atoms with van der Waals surface area (Å²) in [6, 6.07) is 12.3. The van der Waals surface area contributed by atoms with Crippen LogP contribution in [0.15, 0.2) is 61.1 Å². The molecular weight excluding hydrogens is 482 g/mol. The molecule has 0 bridgehead atoms. The van der Waals surface area contributed by atoms with E-state index in [-0.39, 0.29) is 24.5 Å². The molecule has 2 amide bonds. The van der Waals surface area contributed by atoms with Crippen molar-refractivity contribution in [2.45, 2.75) is 18.9 Å². The summed E-state index contributed by atoms with van der Waals surface area (Å²) in [5.74, 6) is 6.82. The Kier molecular flexibility index (Phi) is 7.28. The molecule has 4 aromatic rings. The van der Waals surface area contributed by atoms with Crippen LogP contribution in [0.2, 0.25) is 0 Å². The summed E-state index contributed by atoms with van der Waals surface area (Å²) in [4.78, 5) is 41.0. The lowest BCUT2D eigenvalue weighted by Crippen LogP contribution is -2.30. The Morgan fingerprint density at radius 2 is 1.97 bits per heavy atom. The van der Waals surface area contributed by atoms with E-state index in [1.807, 2.05) is 28.8 Å². The number of methoxy groups -OCH3 is 1. The van der Waals surface area contributed by atoms with Crippen LogP contribution in [0.1, 0.15) is 35.1 Å². The van der Waals surface area contributed by atoms with Gasteiger partial charge < -0.3 is 20.3 Å². The highest BCUT2D eigenvalue weighted by Gasteiger charge is 2.33. The third-order valence-electron chi connectivity index (χ3n) is 6.37. The number of amides is 2. The van der Waals surface area contributed by atoms with E-state index >= 15 is 0 Å². The van der Waals surface area contributed by atoms with Gasteiger partial charge in [-0.2, -0.15) is 0 Å². The minimum atomic E-state index is -0.252. The van der Waals surface area contributed by atoms with Crippen LogP contribution in [0.5, 0.6) is 0 Å². The highest BCUT2D eigenvalue weighted by atomic mass is 16.5. The minimum Gasteiger partial charge on any atom is -0.372 e. The van der Waals surface area contributed by atoms with Crippen LogP contribution in [0.4, 0.5) is 11.6 Å². The molecule has 1 aliphatic heterocycles. The molecule has 2 N–H and O–H groups in total. The number of likely N-dealkylation sites (tertiary alicyclic amines) is 1. The molecule has 1 fully saturated rings. The van der Waals surface area contributed by atoms with Crippen LogP contribution in [-0.2, 0) is 9.53 Å². The molecule has 10 heteroatoms. The van der Waals surface area contributed by atoms with E-state index in [9.17, 15) is 9.59 Å². The van der Waals surface area contributed by atoms with Gasteiger partial charge in [0, 0.05) is 50.4 Å². The number of ether oxygens (including phenoxy) is 1. The van der Waals surface area contributed by atoms with Crippen LogP contribution >= 0.6 is 0 Å². The number of fused-ring (bicyclic) bond motifs is 1. The maximum Gasteiger partial charge on any atom is 0.299 e. The smallest absolute Gasteiger partial charge is 0.299 e. The Bertz CT molecular complexity index is 1520. The maximum atomic E-state index is 12.9. The number of pyridine rings is 1. The molecule has 3 aromatic heterocycles. The summed E-state index contributed by atoms with van der Waals surface area (Å²) in [5.41, 5.74) is 2.82. The third-order valence-corrected chi connectivity index (χ3v) is 6.37. The number of rotatable bonds is 6. The van der Waals surface area contributed by atoms with Gasteiger partial charge in [-0.3, -0.25) is 14.0 Å². The molecule has 0 saturated carbocycles. The van der Waals surface area contributed by atoms with Crippen molar-refractivity contribution in [1.82, 2.24) is 24.3 Å². The number of nitrogens with one attached hydrogen (secondary N) is 2. The third kappa shape index (κ3) is 4.92. The Morgan fingerprint density at radius 3 is 2.71 bits per heavy atom. The van der Waals surface area contributed by atoms with E-state index in [4.69, 9.17) is 9.72 Å². The normalized spacial score (nSPS) is 14.7. The minimum absolute atomic E-state index is 0.202. The number of hydrogen-bond acceptors (Lipinski definition) is 7. The second-order valence-electron chi connectivity index (χ2n) is 8.70. The first-order valence-electron chi connectivity index (χ1n) is 12.3. The fourth-order valence-corrected chi connectivity index (χ4v) is 4.62. The van der Waals surface area contributed by atoms with E-state index in [0.717, 1.165) is 29.7 Å². The summed E-state index contributed by atoms with van der Waals surface area (Å²) in [6.07, 6.45) is 6.82. The number of nitrogens with zero attached hydrogens (tertiary/aromatic N) is 5. The molecule has 1 aromatic carbocycles. The summed E-state index contributed by atoms with van der Waals surface area (Å²) in [7, 11) is 3.35. The van der Waals surface area contributed by atoms with Crippen molar-refractivity contribution in [2.24, 2.45) is 0 Å². The average molecular weight is 510 g/mol. The number of carbonyl (C=O) groups excluding carboxylic acids is 2. The quantitative estimate of drug-likeness (QED) is 0.383. The monoisotopic (exact) mass is 509 g/mol. The van der Waals surface area contributed by atoms with Gasteiger partial charge >= 0.3 is 0 Å². The number of hydrogen-bond donors (Lipinski definition) is 2. The SMILES string of the molecule is CNc1nccn2c(C3CCCN3C(=O)C#CCOC)nc(-c3ccc(C(=O)Nc4ccccn4)cc3)c12. The van der Waals surface area contributed by atoms with Crippen LogP contribution in [0.25, 0.3) is 16.8 Å². The van der Waals surface area contributed by atoms with Gasteiger partial charge in [-0.25, -0.2) is 15.0 Å². The van der Waals surface area contributed by atoms with Gasteiger partial charge in [0.1, 0.15) is 29.5 Å². The standard InChI is InChI=1S/C28H27N7O3/c1-29-26-25-24(19-10-12-20(13-11-19)28(37)32-22-8-3-4-14-30-22)33-27(35(25)17-15-31-26)21-7-5-16-34(21)23(36)9-6-18-38-2/h3-4,8,10-15,17,21H,5,7,16,18H2,1-2H3,(H,29,31)(H,30,32,37). The molecular formula is C28H27N7O3. The zero-order chi connectivity index (χ0) is 26.5. The highest BCUT2D eigenvalue weighted by Crippen LogP contribution is 2.36. The topological polar surface area (TPSA) is 114 Å². The Hall–Kier alpha value is -4.75. The van der Waals surface area contributed by atoms with E-state index in [1.54, 1.807) is 55.7 Å². The molecule has 10 nitrogen and oxygen atoms in total. The molecule has 1 unspecified atom stereocenters. The Labute approximate surface area is 220 Å². The zero-order valence-electron chi connectivity index (χ0n) is 21.1. The first kappa shape index (κ1) is 24.9. The first-order chi connectivity index (χ1) is 18.6. The van der Waals surface area contributed by atoms with Gasteiger partial charge in [0.2, 0.25) is 0 Å². The molecule has 1 atom stereocenters. The van der Waals surface area contributed by atoms with Crippen molar-refractivity contribution in [2.75, 3.05) is 37.9 Å². The lowest BCUT2D eigenvalue weighted by molar-refractivity contribution is -0.126. The summed E-state index contributed by atoms with van der Waals surface area (Å²) >= 11 is 0. The van der Waals surface area contributed by atoms with Crippen LogP contribution in [0, 0.1) is 11.8 Å². The van der Waals surface area contributed by atoms with E-state index in [2.05, 4.69) is 32.4 Å². The van der Waals surface area contributed by atoms with Crippen molar-refractivity contribution >= 4 is 29.0 Å². The predicted molar refractivity (Wildman–Crippen MR) is 143 cm³/mol. The molecule has 38 heavy (non-hydrogen) atoms. The molecule has 192 valence electrons. The van der Waals surface area contributed by atoms with Gasteiger partial charge in [-0.05, 0) is 43.0 Å². The largest absolute Gasteiger partial charge is 0.372 e. The average Bonchev–Trinajstić information content (AvgIpc) is 3.59. The number of anilines is 2. The summed E-state index contributed by atoms with van der Waals surface area (Å²) in [6.45, 7) is 0.813. The van der Waals surface area contributed by atoms with E-state index < -0.39 is 0 Å². The van der Waals surface area contributed by atoms with Gasteiger partial charge in [-0.1, -0.05) is 24.1 Å². The molecule has 1 saturated heterocycles. The molecule has 0 radical (unpaired) electrons. The number of benzene rings is 1. The molecule has 0 spiro atoms. The Morgan fingerprint density at radius 1 is 1.13 bits per heavy atom. The zero-order valence-corrected chi connectivity index (χ0v) is 21.1. The van der Waals surface area contributed by atoms with Crippen molar-refractivity contribution in [3.05, 3.63) is 72.4 Å². The van der Waals surface area contributed by atoms with Crippen molar-refractivity contribution in [3.8, 4) is 23.1 Å². The van der Waals surface area contributed by atoms with Gasteiger partial charge in [0.15, 0.2) is 5.82 Å². The molecule has 0 aliphatic carbocycles. The summed E-state index contributed by atoms with van der Waals surface area (Å²) in [5, 5.41) is 5.94. The van der Waals surface area contributed by atoms with Crippen LogP contribution in [-0.4, -0.2) is 63.4 Å². The lowest BCUT2D eigenvalue weighted by Gasteiger charge is -2.21. The van der Waals surface area contributed by atoms with Gasteiger partial charge in [0.25, 0.3) is 11.8 Å². The van der Waals surface area contributed by atoms with E-state index in [0.29, 0.717) is 29.4 Å². The lowest BCUT2D eigenvalue weighted by atomic mass is 10.1. The molecule has 1 aliphatic rings. The first-order valence-corrected chi connectivity index (χ1v) is 12.3. The van der Waals surface area contributed by atoms with Gasteiger partial charge in [0.05, 0.1) is 6.04 Å². The second kappa shape index (κ2) is 11.1. The second-order valence-corrected chi connectivity index (χ2v) is 8.70. The number of carbonyl (C=O) groups is 2. The number of imidazole rings is 1. The number of aromatic nitrogens is 4. The maximum absolute atomic E-state index is 12.9. The van der Waals surface area contributed by atoms with Crippen molar-refractivity contribution in [3.63, 3.8) is 0 Å². The van der Waals surface area contributed by atoms with Crippen molar-refractivity contribution in [1.29, 1.82) is 0 Å². The Balaban J connectivity index is 1.50. The van der Waals surface area contributed by atoms with Crippen LogP contribution in [0.3, 0.4) is 0 Å². The van der Waals surface area contributed by atoms with Crippen LogP contribution < -0.4 is 10.6 Å². The van der Waals surface area contributed by atoms with Crippen molar-refractivity contribution < 1.29 is 14.3 Å². The fourth-order valence-electron chi connectivity index (χ4n) is 4.62. The molecule has 4 heterocycles. The predicted octanol–water partition coefficient (Wildman–Crippen LogP) is 3.40.